The van der Waals surface area contributed by atoms with E-state index in [0.717, 1.165) is 27.1 Å². The van der Waals surface area contributed by atoms with Crippen LogP contribution in [0.4, 0.5) is 5.69 Å². The Morgan fingerprint density at radius 2 is 1.78 bits per heavy atom. The molecule has 3 heterocycles. The van der Waals surface area contributed by atoms with Crippen molar-refractivity contribution in [3.8, 4) is 0 Å². The van der Waals surface area contributed by atoms with Gasteiger partial charge in [-0.25, -0.2) is 0 Å². The molecule has 2 aromatic heterocycles. The lowest BCUT2D eigenvalue weighted by atomic mass is 10.0. The highest BCUT2D eigenvalue weighted by atomic mass is 35.5. The van der Waals surface area contributed by atoms with E-state index in [4.69, 9.17) is 28.2 Å². The zero-order chi connectivity index (χ0) is 22.1. The second-order valence-electron chi connectivity index (χ2n) is 7.54. The summed E-state index contributed by atoms with van der Waals surface area (Å²) in [5.41, 5.74) is 3.13. The Hall–Kier alpha value is -2.80. The number of pyridine rings is 1. The Labute approximate surface area is 201 Å². The average Bonchev–Trinajstić information content (AvgIpc) is 3.40. The first-order valence-corrected chi connectivity index (χ1v) is 11.8. The van der Waals surface area contributed by atoms with Crippen molar-refractivity contribution in [1.29, 1.82) is 0 Å². The standard InChI is InChI=1S/C25H20ClN3OS2/c1-16-5-9-18(10-6-16)29-24(23(28-25(29)31)20-4-2-3-15-27-20)21-13-14-22(30-21)32-19-11-7-17(26)8-12-19/h2-15,23-24H,1H3,(H,28,31)/t23-,24-/m0/s1. The third kappa shape index (κ3) is 4.26. The molecule has 1 aliphatic rings. The SMILES string of the molecule is Cc1ccc(N2C(=S)N[C@@H](c3ccccn3)[C@@H]2c2ccc(Sc3ccc(Cl)cc3)o2)cc1. The summed E-state index contributed by atoms with van der Waals surface area (Å²) in [6.07, 6.45) is 1.80. The van der Waals surface area contributed by atoms with Gasteiger partial charge in [0.05, 0.1) is 11.7 Å². The third-order valence-electron chi connectivity index (χ3n) is 5.34. The summed E-state index contributed by atoms with van der Waals surface area (Å²) < 4.78 is 6.34. The molecule has 0 aliphatic carbocycles. The van der Waals surface area contributed by atoms with Crippen LogP contribution in [0.5, 0.6) is 0 Å². The highest BCUT2D eigenvalue weighted by Crippen LogP contribution is 2.43. The molecule has 1 fully saturated rings. The lowest BCUT2D eigenvalue weighted by Crippen LogP contribution is -2.29. The predicted molar refractivity (Wildman–Crippen MR) is 133 cm³/mol. The van der Waals surface area contributed by atoms with Crippen LogP contribution in [0.25, 0.3) is 0 Å². The van der Waals surface area contributed by atoms with Crippen LogP contribution >= 0.6 is 35.6 Å². The molecule has 0 saturated carbocycles. The predicted octanol–water partition coefficient (Wildman–Crippen LogP) is 6.96. The van der Waals surface area contributed by atoms with Gasteiger partial charge in [0.1, 0.15) is 11.8 Å². The van der Waals surface area contributed by atoms with E-state index in [1.165, 1.54) is 5.56 Å². The monoisotopic (exact) mass is 477 g/mol. The van der Waals surface area contributed by atoms with Gasteiger partial charge in [0, 0.05) is 21.8 Å². The van der Waals surface area contributed by atoms with Crippen molar-refractivity contribution in [2.75, 3.05) is 4.90 Å². The van der Waals surface area contributed by atoms with Crippen molar-refractivity contribution in [3.05, 3.63) is 107 Å². The van der Waals surface area contributed by atoms with E-state index in [1.54, 1.807) is 18.0 Å². The van der Waals surface area contributed by atoms with Crippen molar-refractivity contribution in [1.82, 2.24) is 10.3 Å². The van der Waals surface area contributed by atoms with E-state index < -0.39 is 0 Å². The molecule has 160 valence electrons. The van der Waals surface area contributed by atoms with E-state index in [0.29, 0.717) is 10.1 Å². The summed E-state index contributed by atoms with van der Waals surface area (Å²) in [6, 6.07) is 25.7. The van der Waals surface area contributed by atoms with Crippen LogP contribution in [-0.2, 0) is 0 Å². The molecule has 2 aromatic carbocycles. The van der Waals surface area contributed by atoms with E-state index in [1.807, 2.05) is 54.6 Å². The molecule has 5 rings (SSSR count). The number of hydrogen-bond donors (Lipinski definition) is 1. The Balaban J connectivity index is 1.52. The zero-order valence-corrected chi connectivity index (χ0v) is 19.6. The lowest BCUT2D eigenvalue weighted by Gasteiger charge is -2.26. The van der Waals surface area contributed by atoms with Crippen molar-refractivity contribution in [2.24, 2.45) is 0 Å². The van der Waals surface area contributed by atoms with E-state index in [-0.39, 0.29) is 12.1 Å². The summed E-state index contributed by atoms with van der Waals surface area (Å²) in [5, 5.41) is 5.64. The molecule has 4 aromatic rings. The van der Waals surface area contributed by atoms with Gasteiger partial charge in [0.15, 0.2) is 10.2 Å². The minimum Gasteiger partial charge on any atom is -0.452 e. The molecule has 0 bridgehead atoms. The van der Waals surface area contributed by atoms with Gasteiger partial charge in [-0.15, -0.1) is 0 Å². The van der Waals surface area contributed by atoms with E-state index >= 15 is 0 Å². The Kier molecular flexibility index (Phi) is 5.91. The molecule has 32 heavy (non-hydrogen) atoms. The number of nitrogens with one attached hydrogen (secondary N) is 1. The first kappa shape index (κ1) is 21.1. The van der Waals surface area contributed by atoms with Crippen LogP contribution < -0.4 is 10.2 Å². The van der Waals surface area contributed by atoms with Crippen LogP contribution in [0.3, 0.4) is 0 Å². The number of thiocarbonyl (C=S) groups is 1. The fourth-order valence-electron chi connectivity index (χ4n) is 3.79. The second-order valence-corrected chi connectivity index (χ2v) is 9.45. The summed E-state index contributed by atoms with van der Waals surface area (Å²) in [7, 11) is 0. The van der Waals surface area contributed by atoms with Gasteiger partial charge in [0.25, 0.3) is 0 Å². The number of rotatable bonds is 5. The lowest BCUT2D eigenvalue weighted by molar-refractivity contribution is 0.383. The van der Waals surface area contributed by atoms with Gasteiger partial charge in [-0.05, 0) is 79.8 Å². The van der Waals surface area contributed by atoms with E-state index in [9.17, 15) is 0 Å². The molecule has 4 nitrogen and oxygen atoms in total. The largest absolute Gasteiger partial charge is 0.452 e. The highest BCUT2D eigenvalue weighted by Gasteiger charge is 2.42. The number of aryl methyl sites for hydroxylation is 1. The van der Waals surface area contributed by atoms with Gasteiger partial charge in [-0.1, -0.05) is 47.1 Å². The van der Waals surface area contributed by atoms with E-state index in [2.05, 4.69) is 46.4 Å². The fourth-order valence-corrected chi connectivity index (χ4v) is 5.04. The van der Waals surface area contributed by atoms with Gasteiger partial charge >= 0.3 is 0 Å². The molecule has 2 atom stereocenters. The van der Waals surface area contributed by atoms with Crippen molar-refractivity contribution in [2.45, 2.75) is 29.0 Å². The van der Waals surface area contributed by atoms with Gasteiger partial charge in [-0.3, -0.25) is 4.98 Å². The number of aromatic nitrogens is 1. The molecule has 1 saturated heterocycles. The number of furan rings is 1. The van der Waals surface area contributed by atoms with Gasteiger partial charge in [-0.2, -0.15) is 0 Å². The molecule has 1 aliphatic heterocycles. The van der Waals surface area contributed by atoms with Crippen LogP contribution in [0.1, 0.15) is 29.1 Å². The summed E-state index contributed by atoms with van der Waals surface area (Å²) in [5.74, 6) is 0.824. The first-order chi connectivity index (χ1) is 15.6. The topological polar surface area (TPSA) is 41.3 Å². The Morgan fingerprint density at radius 1 is 1.00 bits per heavy atom. The molecule has 0 amide bonds. The maximum atomic E-state index is 6.34. The Bertz CT molecular complexity index is 1230. The molecular weight excluding hydrogens is 458 g/mol. The number of hydrogen-bond acceptors (Lipinski definition) is 4. The maximum absolute atomic E-state index is 6.34. The minimum absolute atomic E-state index is 0.135. The van der Waals surface area contributed by atoms with Crippen molar-refractivity contribution in [3.63, 3.8) is 0 Å². The fraction of sp³-hybridized carbons (Fsp3) is 0.120. The van der Waals surface area contributed by atoms with Crippen LogP contribution in [-0.4, -0.2) is 10.1 Å². The minimum atomic E-state index is -0.167. The zero-order valence-electron chi connectivity index (χ0n) is 17.2. The maximum Gasteiger partial charge on any atom is 0.174 e. The van der Waals surface area contributed by atoms with Crippen LogP contribution in [0.2, 0.25) is 5.02 Å². The smallest absolute Gasteiger partial charge is 0.174 e. The van der Waals surface area contributed by atoms with Gasteiger partial charge < -0.3 is 14.6 Å². The Morgan fingerprint density at radius 3 is 2.50 bits per heavy atom. The average molecular weight is 478 g/mol. The normalized spacial score (nSPS) is 18.1. The highest BCUT2D eigenvalue weighted by molar-refractivity contribution is 7.99. The second kappa shape index (κ2) is 8.98. The van der Waals surface area contributed by atoms with Crippen molar-refractivity contribution >= 4 is 46.4 Å². The summed E-state index contributed by atoms with van der Waals surface area (Å²) >= 11 is 13.3. The number of benzene rings is 2. The summed E-state index contributed by atoms with van der Waals surface area (Å²) in [6.45, 7) is 2.07. The first-order valence-electron chi connectivity index (χ1n) is 10.2. The molecule has 7 heteroatoms. The molecule has 0 unspecified atom stereocenters. The van der Waals surface area contributed by atoms with Gasteiger partial charge in [0.2, 0.25) is 0 Å². The molecule has 1 N–H and O–H groups in total. The third-order valence-corrected chi connectivity index (χ3v) is 6.83. The van der Waals surface area contributed by atoms with Crippen molar-refractivity contribution < 1.29 is 4.42 Å². The van der Waals surface area contributed by atoms with Crippen LogP contribution in [0.15, 0.2) is 99.5 Å². The number of nitrogens with zero attached hydrogens (tertiary/aromatic N) is 2. The van der Waals surface area contributed by atoms with Crippen LogP contribution in [0, 0.1) is 6.92 Å². The number of halogens is 1. The quantitative estimate of drug-likeness (QED) is 0.313. The summed E-state index contributed by atoms with van der Waals surface area (Å²) in [4.78, 5) is 7.76. The number of anilines is 1. The molecule has 0 radical (unpaired) electrons. The molecule has 0 spiro atoms. The molecular formula is C25H20ClN3OS2.